The Morgan fingerprint density at radius 1 is 1.19 bits per heavy atom. The van der Waals surface area contributed by atoms with Crippen LogP contribution in [-0.4, -0.2) is 18.2 Å². The summed E-state index contributed by atoms with van der Waals surface area (Å²) in [6, 6.07) is 13.6. The molecule has 7 heteroatoms. The first-order valence-corrected chi connectivity index (χ1v) is 7.93. The second-order valence-electron chi connectivity index (χ2n) is 5.23. The summed E-state index contributed by atoms with van der Waals surface area (Å²) < 4.78 is 24.2. The van der Waals surface area contributed by atoms with E-state index in [1.165, 1.54) is 12.1 Å². The van der Waals surface area contributed by atoms with Gasteiger partial charge in [0.1, 0.15) is 23.8 Å². The Hall–Kier alpha value is -3.22. The molecule has 0 fully saturated rings. The van der Waals surface area contributed by atoms with Crippen molar-refractivity contribution in [3.05, 3.63) is 71.4 Å². The van der Waals surface area contributed by atoms with Crippen LogP contribution in [0.3, 0.4) is 0 Å². The first-order chi connectivity index (χ1) is 12.5. The molecule has 0 atom stereocenters. The fourth-order valence-corrected chi connectivity index (χ4v) is 1.98. The van der Waals surface area contributed by atoms with Crippen LogP contribution in [0.4, 0.5) is 10.1 Å². The number of esters is 1. The number of rotatable bonds is 7. The number of aliphatic hydroxyl groups is 1. The Balaban J connectivity index is 2.12. The predicted molar refractivity (Wildman–Crippen MR) is 93.7 cm³/mol. The quantitative estimate of drug-likeness (QED) is 0.332. The Morgan fingerprint density at radius 3 is 2.54 bits per heavy atom. The fraction of sp³-hybridized carbons (Fsp3) is 0.211. The highest BCUT2D eigenvalue weighted by atomic mass is 19.1. The Labute approximate surface area is 150 Å². The maximum atomic E-state index is 14.2. The van der Waals surface area contributed by atoms with Gasteiger partial charge in [-0.25, -0.2) is 9.18 Å². The molecular formula is C19H19FN2O4. The minimum Gasteiger partial charge on any atom is -0.510 e. The van der Waals surface area contributed by atoms with Gasteiger partial charge in [-0.2, -0.15) is 0 Å². The normalized spacial score (nSPS) is 12.0. The number of carbonyl (C=O) groups excluding carboxylic acids is 1. The van der Waals surface area contributed by atoms with E-state index >= 15 is 0 Å². The number of azo groups is 1. The molecule has 0 aromatic heterocycles. The topological polar surface area (TPSA) is 80.5 Å². The van der Waals surface area contributed by atoms with Gasteiger partial charge in [-0.1, -0.05) is 37.3 Å². The number of allylic oxidation sites excluding steroid dienone is 1. The van der Waals surface area contributed by atoms with Gasteiger partial charge in [-0.15, -0.1) is 10.2 Å². The largest absolute Gasteiger partial charge is 0.510 e. The highest BCUT2D eigenvalue weighted by Gasteiger charge is 2.15. The molecule has 2 aromatic carbocycles. The van der Waals surface area contributed by atoms with E-state index in [4.69, 9.17) is 4.74 Å². The zero-order valence-electron chi connectivity index (χ0n) is 14.5. The third kappa shape index (κ3) is 5.14. The van der Waals surface area contributed by atoms with Gasteiger partial charge in [-0.3, -0.25) is 0 Å². The van der Waals surface area contributed by atoms with E-state index in [0.717, 1.165) is 12.7 Å². The van der Waals surface area contributed by atoms with Crippen LogP contribution in [0.5, 0.6) is 5.75 Å². The molecule has 0 aliphatic carbocycles. The van der Waals surface area contributed by atoms with E-state index < -0.39 is 11.8 Å². The number of hydrogen-bond donors (Lipinski definition) is 1. The van der Waals surface area contributed by atoms with Gasteiger partial charge >= 0.3 is 5.97 Å². The first kappa shape index (κ1) is 19.1. The molecular weight excluding hydrogens is 339 g/mol. The third-order valence-electron chi connectivity index (χ3n) is 3.41. The molecule has 0 saturated carbocycles. The van der Waals surface area contributed by atoms with Crippen molar-refractivity contribution in [2.45, 2.75) is 20.0 Å². The van der Waals surface area contributed by atoms with Crippen LogP contribution in [0.2, 0.25) is 0 Å². The lowest BCUT2D eigenvalue weighted by Crippen LogP contribution is -2.05. The minimum atomic E-state index is -0.851. The van der Waals surface area contributed by atoms with Crippen molar-refractivity contribution in [2.75, 3.05) is 7.11 Å². The SMILES string of the molecule is CCC(O)=C(N=Nc1ccc(OCc2ccccc2)cc1F)C(=O)OC. The average Bonchev–Trinajstić information content (AvgIpc) is 2.68. The molecule has 0 amide bonds. The molecule has 1 N–H and O–H groups in total. The van der Waals surface area contributed by atoms with Crippen LogP contribution in [0, 0.1) is 5.82 Å². The third-order valence-corrected chi connectivity index (χ3v) is 3.41. The number of nitrogens with zero attached hydrogens (tertiary/aromatic N) is 2. The van der Waals surface area contributed by atoms with Crippen molar-refractivity contribution >= 4 is 11.7 Å². The monoisotopic (exact) mass is 358 g/mol. The lowest BCUT2D eigenvalue weighted by molar-refractivity contribution is -0.136. The van der Waals surface area contributed by atoms with Crippen LogP contribution >= 0.6 is 0 Å². The van der Waals surface area contributed by atoms with E-state index in [0.29, 0.717) is 12.4 Å². The maximum Gasteiger partial charge on any atom is 0.362 e. The van der Waals surface area contributed by atoms with E-state index in [-0.39, 0.29) is 23.6 Å². The summed E-state index contributed by atoms with van der Waals surface area (Å²) in [5.74, 6) is -1.47. The molecule has 0 bridgehead atoms. The van der Waals surface area contributed by atoms with Gasteiger partial charge < -0.3 is 14.6 Å². The Morgan fingerprint density at radius 2 is 1.92 bits per heavy atom. The molecule has 136 valence electrons. The highest BCUT2D eigenvalue weighted by Crippen LogP contribution is 2.25. The molecule has 0 radical (unpaired) electrons. The first-order valence-electron chi connectivity index (χ1n) is 7.93. The minimum absolute atomic E-state index is 0.0950. The van der Waals surface area contributed by atoms with Crippen molar-refractivity contribution in [3.63, 3.8) is 0 Å². The van der Waals surface area contributed by atoms with Crippen LogP contribution < -0.4 is 4.74 Å². The van der Waals surface area contributed by atoms with Crippen molar-refractivity contribution < 1.29 is 23.8 Å². The smallest absolute Gasteiger partial charge is 0.362 e. The average molecular weight is 358 g/mol. The summed E-state index contributed by atoms with van der Waals surface area (Å²) in [7, 11) is 1.15. The number of halogens is 1. The lowest BCUT2D eigenvalue weighted by atomic mass is 10.2. The van der Waals surface area contributed by atoms with Gasteiger partial charge in [0.15, 0.2) is 5.82 Å². The lowest BCUT2D eigenvalue weighted by Gasteiger charge is -2.07. The van der Waals surface area contributed by atoms with Gasteiger partial charge in [0, 0.05) is 12.5 Å². The summed E-state index contributed by atoms with van der Waals surface area (Å²) in [4.78, 5) is 11.6. The van der Waals surface area contributed by atoms with E-state index in [2.05, 4.69) is 15.0 Å². The van der Waals surface area contributed by atoms with Gasteiger partial charge in [0.05, 0.1) is 7.11 Å². The number of carbonyl (C=O) groups is 1. The second-order valence-corrected chi connectivity index (χ2v) is 5.23. The highest BCUT2D eigenvalue weighted by molar-refractivity contribution is 5.88. The van der Waals surface area contributed by atoms with Crippen molar-refractivity contribution in [1.82, 2.24) is 0 Å². The van der Waals surface area contributed by atoms with Crippen LogP contribution in [-0.2, 0) is 16.1 Å². The molecule has 2 rings (SSSR count). The molecule has 0 unspecified atom stereocenters. The molecule has 26 heavy (non-hydrogen) atoms. The molecule has 0 aliphatic heterocycles. The molecule has 2 aromatic rings. The Kier molecular flexibility index (Phi) is 6.84. The van der Waals surface area contributed by atoms with Crippen LogP contribution in [0.25, 0.3) is 0 Å². The van der Waals surface area contributed by atoms with Crippen molar-refractivity contribution in [2.24, 2.45) is 10.2 Å². The number of ether oxygens (including phenoxy) is 2. The van der Waals surface area contributed by atoms with Crippen molar-refractivity contribution in [3.8, 4) is 5.75 Å². The summed E-state index contributed by atoms with van der Waals surface area (Å²) in [5, 5.41) is 17.0. The fourth-order valence-electron chi connectivity index (χ4n) is 1.98. The van der Waals surface area contributed by atoms with E-state index in [1.807, 2.05) is 30.3 Å². The summed E-state index contributed by atoms with van der Waals surface area (Å²) >= 11 is 0. The maximum absolute atomic E-state index is 14.2. The Bertz CT molecular complexity index is 820. The summed E-state index contributed by atoms with van der Waals surface area (Å²) in [6.45, 7) is 1.94. The van der Waals surface area contributed by atoms with Gasteiger partial charge in [0.2, 0.25) is 5.70 Å². The number of benzene rings is 2. The summed E-state index contributed by atoms with van der Waals surface area (Å²) in [5.41, 5.74) is 0.501. The number of hydrogen-bond acceptors (Lipinski definition) is 6. The van der Waals surface area contributed by atoms with Gasteiger partial charge in [-0.05, 0) is 17.7 Å². The molecule has 0 spiro atoms. The van der Waals surface area contributed by atoms with Crippen LogP contribution in [0.1, 0.15) is 18.9 Å². The predicted octanol–water partition coefficient (Wildman–Crippen LogP) is 4.84. The second kappa shape index (κ2) is 9.31. The molecule has 6 nitrogen and oxygen atoms in total. The summed E-state index contributed by atoms with van der Waals surface area (Å²) in [6.07, 6.45) is 0.165. The number of methoxy groups -OCH3 is 1. The van der Waals surface area contributed by atoms with Crippen molar-refractivity contribution in [1.29, 1.82) is 0 Å². The number of aliphatic hydroxyl groups excluding tert-OH is 1. The molecule has 0 heterocycles. The van der Waals surface area contributed by atoms with E-state index in [9.17, 15) is 14.3 Å². The molecule has 0 aliphatic rings. The standard InChI is InChI=1S/C19H19FN2O4/c1-3-17(23)18(19(24)25-2)22-21-16-10-9-14(11-15(16)20)26-12-13-7-5-4-6-8-13/h4-11,23H,3,12H2,1-2H3. The van der Waals surface area contributed by atoms with Crippen LogP contribution in [0.15, 0.2) is 70.2 Å². The zero-order chi connectivity index (χ0) is 18.9. The molecule has 0 saturated heterocycles. The zero-order valence-corrected chi connectivity index (χ0v) is 14.5. The van der Waals surface area contributed by atoms with E-state index in [1.54, 1.807) is 13.0 Å². The van der Waals surface area contributed by atoms with Gasteiger partial charge in [0.25, 0.3) is 0 Å².